The van der Waals surface area contributed by atoms with Gasteiger partial charge in [-0.05, 0) is 41.1 Å². The molecule has 0 saturated carbocycles. The molecule has 0 aliphatic rings. The van der Waals surface area contributed by atoms with E-state index < -0.39 is 0 Å². The summed E-state index contributed by atoms with van der Waals surface area (Å²) in [5.74, 6) is 0.560. The molecular formula is C45H26N4OS. The van der Waals surface area contributed by atoms with Crippen LogP contribution in [0.25, 0.3) is 97.4 Å². The first-order valence-corrected chi connectivity index (χ1v) is 17.8. The van der Waals surface area contributed by atoms with Crippen molar-refractivity contribution in [2.75, 3.05) is 0 Å². The van der Waals surface area contributed by atoms with Gasteiger partial charge < -0.3 is 0 Å². The minimum atomic E-state index is -0.104. The molecule has 51 heavy (non-hydrogen) atoms. The predicted octanol–water partition coefficient (Wildman–Crippen LogP) is 11.2. The van der Waals surface area contributed by atoms with Crippen molar-refractivity contribution in [1.82, 2.24) is 19.1 Å². The van der Waals surface area contributed by atoms with Gasteiger partial charge in [-0.2, -0.15) is 0 Å². The summed E-state index contributed by atoms with van der Waals surface area (Å²) in [6, 6.07) is 53.8. The van der Waals surface area contributed by atoms with E-state index in [0.717, 1.165) is 38.6 Å². The highest BCUT2D eigenvalue weighted by molar-refractivity contribution is 7.27. The number of hydrogen-bond donors (Lipinski definition) is 0. The van der Waals surface area contributed by atoms with Gasteiger partial charge in [0, 0.05) is 48.3 Å². The normalized spacial score (nSPS) is 12.0. The maximum absolute atomic E-state index is 14.4. The number of pyridine rings is 1. The molecule has 0 amide bonds. The fourth-order valence-electron chi connectivity index (χ4n) is 8.00. The molecule has 4 heterocycles. The van der Waals surface area contributed by atoms with Crippen LogP contribution in [0.4, 0.5) is 0 Å². The summed E-state index contributed by atoms with van der Waals surface area (Å²) < 4.78 is 6.48. The third-order valence-corrected chi connectivity index (χ3v) is 11.3. The van der Waals surface area contributed by atoms with Gasteiger partial charge >= 0.3 is 0 Å². The molecule has 0 fully saturated rings. The molecule has 0 N–H and O–H groups in total. The third kappa shape index (κ3) is 3.93. The van der Waals surface area contributed by atoms with Gasteiger partial charge in [-0.1, -0.05) is 127 Å². The lowest BCUT2D eigenvalue weighted by Crippen LogP contribution is -2.21. The van der Waals surface area contributed by atoms with E-state index in [1.807, 2.05) is 84.1 Å². The summed E-state index contributed by atoms with van der Waals surface area (Å²) in [6.07, 6.45) is 0. The minimum absolute atomic E-state index is 0.104. The van der Waals surface area contributed by atoms with Crippen molar-refractivity contribution in [1.29, 1.82) is 0 Å². The maximum Gasteiger partial charge on any atom is 0.263 e. The van der Waals surface area contributed by atoms with E-state index >= 15 is 0 Å². The van der Waals surface area contributed by atoms with E-state index in [-0.39, 0.29) is 5.56 Å². The van der Waals surface area contributed by atoms with Crippen LogP contribution >= 0.6 is 11.3 Å². The molecule has 238 valence electrons. The Kier molecular flexibility index (Phi) is 5.91. The van der Waals surface area contributed by atoms with Crippen LogP contribution in [0, 0.1) is 0 Å². The van der Waals surface area contributed by atoms with E-state index in [4.69, 9.17) is 9.97 Å². The standard InChI is InChI=1S/C45H26N4OS/c50-44-32-22-10-9-21-31(32)40-42(48(44)28-17-5-2-6-18-28)39(27-15-3-1-4-16-27)46-45(47-40)49-35-25-13-11-23-33(35)37-29-19-7-8-20-30(29)38-34-24-12-14-26-36(34)51-43(38)41(37)49/h1-26H. The van der Waals surface area contributed by atoms with Gasteiger partial charge in [0.2, 0.25) is 5.95 Å². The van der Waals surface area contributed by atoms with Crippen molar-refractivity contribution >= 4 is 85.9 Å². The van der Waals surface area contributed by atoms with Crippen molar-refractivity contribution in [2.45, 2.75) is 0 Å². The highest BCUT2D eigenvalue weighted by Crippen LogP contribution is 2.47. The Balaban J connectivity index is 1.40. The third-order valence-electron chi connectivity index (χ3n) is 10.1. The van der Waals surface area contributed by atoms with Crippen LogP contribution in [0.2, 0.25) is 0 Å². The molecule has 0 radical (unpaired) electrons. The van der Waals surface area contributed by atoms with Gasteiger partial charge in [0.1, 0.15) is 16.7 Å². The second kappa shape index (κ2) is 10.7. The molecule has 0 atom stereocenters. The number of thiophene rings is 1. The summed E-state index contributed by atoms with van der Waals surface area (Å²) in [4.78, 5) is 25.4. The number of hydrogen-bond acceptors (Lipinski definition) is 4. The van der Waals surface area contributed by atoms with Crippen LogP contribution in [0.1, 0.15) is 0 Å². The van der Waals surface area contributed by atoms with E-state index in [0.29, 0.717) is 22.5 Å². The molecule has 0 spiro atoms. The smallest absolute Gasteiger partial charge is 0.263 e. The van der Waals surface area contributed by atoms with Gasteiger partial charge in [-0.3, -0.25) is 13.9 Å². The van der Waals surface area contributed by atoms with Crippen molar-refractivity contribution in [3.63, 3.8) is 0 Å². The van der Waals surface area contributed by atoms with E-state index in [2.05, 4.69) is 89.5 Å². The highest BCUT2D eigenvalue weighted by atomic mass is 32.1. The molecule has 0 unspecified atom stereocenters. The molecule has 5 nitrogen and oxygen atoms in total. The Bertz CT molecular complexity index is 3270. The van der Waals surface area contributed by atoms with Crippen LogP contribution in [-0.2, 0) is 0 Å². The lowest BCUT2D eigenvalue weighted by Gasteiger charge is -2.18. The number of fused-ring (bicyclic) bond motifs is 13. The molecule has 11 aromatic rings. The Morgan fingerprint density at radius 3 is 1.82 bits per heavy atom. The SMILES string of the molecule is O=c1c2ccccc2c2nc(-n3c4ccccc4c4c5ccccc5c5c6ccccc6sc5c43)nc(-c3ccccc3)c2n1-c1ccccc1. The summed E-state index contributed by atoms with van der Waals surface area (Å²) in [5, 5.41) is 8.66. The van der Waals surface area contributed by atoms with E-state index in [9.17, 15) is 4.79 Å². The van der Waals surface area contributed by atoms with Crippen LogP contribution in [0.5, 0.6) is 0 Å². The Hall–Kier alpha value is -6.63. The molecule has 11 rings (SSSR count). The molecule has 6 heteroatoms. The first-order valence-electron chi connectivity index (χ1n) is 17.0. The van der Waals surface area contributed by atoms with Gasteiger partial charge in [0.15, 0.2) is 0 Å². The zero-order valence-electron chi connectivity index (χ0n) is 27.1. The number of para-hydroxylation sites is 2. The number of rotatable bonds is 3. The summed E-state index contributed by atoms with van der Waals surface area (Å²) >= 11 is 1.82. The average Bonchev–Trinajstić information content (AvgIpc) is 3.76. The fraction of sp³-hybridized carbons (Fsp3) is 0. The number of nitrogens with zero attached hydrogens (tertiary/aromatic N) is 4. The Morgan fingerprint density at radius 2 is 1.06 bits per heavy atom. The van der Waals surface area contributed by atoms with Crippen LogP contribution in [0.3, 0.4) is 0 Å². The monoisotopic (exact) mass is 670 g/mol. The predicted molar refractivity (Wildman–Crippen MR) is 213 cm³/mol. The average molecular weight is 671 g/mol. The van der Waals surface area contributed by atoms with E-state index in [1.165, 1.54) is 36.3 Å². The zero-order chi connectivity index (χ0) is 33.6. The molecule has 0 saturated heterocycles. The summed E-state index contributed by atoms with van der Waals surface area (Å²) in [7, 11) is 0. The molecule has 0 aliphatic carbocycles. The van der Waals surface area contributed by atoms with Crippen molar-refractivity contribution in [3.8, 4) is 22.9 Å². The molecule has 4 aromatic heterocycles. The fourth-order valence-corrected chi connectivity index (χ4v) is 9.25. The molecule has 0 bridgehead atoms. The van der Waals surface area contributed by atoms with Crippen molar-refractivity contribution in [3.05, 3.63) is 168 Å². The molecule has 7 aromatic carbocycles. The maximum atomic E-state index is 14.4. The van der Waals surface area contributed by atoms with Gasteiger partial charge in [0.05, 0.1) is 15.7 Å². The quantitative estimate of drug-likeness (QED) is 0.176. The van der Waals surface area contributed by atoms with Gasteiger partial charge in [-0.15, -0.1) is 11.3 Å². The first kappa shape index (κ1) is 28.2. The highest BCUT2D eigenvalue weighted by Gasteiger charge is 2.25. The second-order valence-corrected chi connectivity index (χ2v) is 13.9. The van der Waals surface area contributed by atoms with Gasteiger partial charge in [-0.25, -0.2) is 9.97 Å². The number of aromatic nitrogens is 4. The van der Waals surface area contributed by atoms with Crippen molar-refractivity contribution < 1.29 is 0 Å². The lowest BCUT2D eigenvalue weighted by molar-refractivity contribution is 0.992. The van der Waals surface area contributed by atoms with Crippen LogP contribution < -0.4 is 5.56 Å². The van der Waals surface area contributed by atoms with Crippen LogP contribution in [0.15, 0.2) is 163 Å². The minimum Gasteiger partial charge on any atom is -0.276 e. The first-order chi connectivity index (χ1) is 25.3. The Labute approximate surface area is 294 Å². The zero-order valence-corrected chi connectivity index (χ0v) is 27.9. The summed E-state index contributed by atoms with van der Waals surface area (Å²) in [6.45, 7) is 0. The largest absolute Gasteiger partial charge is 0.276 e. The van der Waals surface area contributed by atoms with Crippen LogP contribution in [-0.4, -0.2) is 19.1 Å². The molecule has 0 aliphatic heterocycles. The van der Waals surface area contributed by atoms with E-state index in [1.54, 1.807) is 4.57 Å². The van der Waals surface area contributed by atoms with Gasteiger partial charge in [0.25, 0.3) is 5.56 Å². The Morgan fingerprint density at radius 1 is 0.471 bits per heavy atom. The number of benzene rings is 7. The van der Waals surface area contributed by atoms with Crippen molar-refractivity contribution in [2.24, 2.45) is 0 Å². The second-order valence-electron chi connectivity index (χ2n) is 12.9. The topological polar surface area (TPSA) is 52.7 Å². The lowest BCUT2D eigenvalue weighted by atomic mass is 9.99. The molecular weight excluding hydrogens is 645 g/mol. The summed E-state index contributed by atoms with van der Waals surface area (Å²) in [5.41, 5.74) is 5.78.